The van der Waals surface area contributed by atoms with Crippen LogP contribution in [-0.2, 0) is 14.3 Å². The number of aliphatic hydroxyl groups excluding tert-OH is 5. The molecule has 346 valence electrons. The van der Waals surface area contributed by atoms with Gasteiger partial charge < -0.3 is 40.3 Å². The normalized spacial score (nSPS) is 21.5. The van der Waals surface area contributed by atoms with Crippen molar-refractivity contribution in [3.05, 3.63) is 109 Å². The number of rotatable bonds is 37. The van der Waals surface area contributed by atoms with E-state index in [1.165, 1.54) is 44.9 Å². The molecule has 6 N–H and O–H groups in total. The molecule has 0 spiro atoms. The van der Waals surface area contributed by atoms with Crippen molar-refractivity contribution in [2.24, 2.45) is 0 Å². The van der Waals surface area contributed by atoms with Gasteiger partial charge in [-0.15, -0.1) is 0 Å². The zero-order valence-corrected chi connectivity index (χ0v) is 37.9. The van der Waals surface area contributed by atoms with Crippen LogP contribution in [0.3, 0.4) is 0 Å². The van der Waals surface area contributed by atoms with Crippen LogP contribution in [0.4, 0.5) is 0 Å². The van der Waals surface area contributed by atoms with E-state index in [2.05, 4.69) is 116 Å². The average molecular weight is 852 g/mol. The summed E-state index contributed by atoms with van der Waals surface area (Å²) < 4.78 is 11.2. The molecule has 0 bridgehead atoms. The van der Waals surface area contributed by atoms with E-state index in [1.807, 2.05) is 6.08 Å². The van der Waals surface area contributed by atoms with E-state index in [1.54, 1.807) is 6.08 Å². The summed E-state index contributed by atoms with van der Waals surface area (Å²) in [5.41, 5.74) is 0. The summed E-state index contributed by atoms with van der Waals surface area (Å²) in [5, 5.41) is 54.1. The van der Waals surface area contributed by atoms with Crippen LogP contribution in [0.2, 0.25) is 0 Å². The van der Waals surface area contributed by atoms with E-state index >= 15 is 0 Å². The number of carbonyl (C=O) groups excluding carboxylic acids is 1. The molecule has 0 radical (unpaired) electrons. The van der Waals surface area contributed by atoms with E-state index in [4.69, 9.17) is 9.47 Å². The first kappa shape index (κ1) is 55.9. The SMILES string of the molecule is CC/C=C\C/C=C\C/C=C\C/C=C\C/C=C\C/C=C\C/C=C\CCCCCC(=O)NC(COC1OC(CO)C(O)C(O)C1O)C(O)/C=C/CC/C=C/CCCCCCCCC. The molecule has 0 aromatic carbocycles. The van der Waals surface area contributed by atoms with Crippen LogP contribution < -0.4 is 5.32 Å². The van der Waals surface area contributed by atoms with Crippen molar-refractivity contribution < 1.29 is 39.8 Å². The maximum Gasteiger partial charge on any atom is 0.220 e. The molecule has 0 aromatic rings. The van der Waals surface area contributed by atoms with Gasteiger partial charge in [0.25, 0.3) is 0 Å². The van der Waals surface area contributed by atoms with Gasteiger partial charge in [-0.2, -0.15) is 0 Å². The van der Waals surface area contributed by atoms with Crippen LogP contribution in [0.1, 0.15) is 155 Å². The lowest BCUT2D eigenvalue weighted by Gasteiger charge is -2.40. The van der Waals surface area contributed by atoms with Crippen molar-refractivity contribution in [2.45, 2.75) is 198 Å². The van der Waals surface area contributed by atoms with Crippen LogP contribution >= 0.6 is 0 Å². The summed E-state index contributed by atoms with van der Waals surface area (Å²) in [6.07, 6.45) is 52.7. The fourth-order valence-corrected chi connectivity index (χ4v) is 6.56. The predicted octanol–water partition coefficient (Wildman–Crippen LogP) is 10.3. The Labute approximate surface area is 370 Å². The molecule has 0 saturated carbocycles. The van der Waals surface area contributed by atoms with E-state index in [9.17, 15) is 30.3 Å². The molecular formula is C52H85NO8. The number of unbranched alkanes of at least 4 members (excludes halogenated alkanes) is 11. The van der Waals surface area contributed by atoms with Gasteiger partial charge in [-0.05, 0) is 89.9 Å². The van der Waals surface area contributed by atoms with E-state index in [0.29, 0.717) is 12.8 Å². The standard InChI is InChI=1S/C52H85NO8/c1-3-5-7-9-11-13-15-17-18-19-20-21-22-23-24-25-26-27-28-30-32-34-36-38-40-42-48(56)53-45(44-60-52-51(59)50(58)49(57)47(43-54)61-52)46(55)41-39-37-35-33-31-29-16-14-12-10-8-6-4-2/h5,7,11,13,17-18,20-21,23-24,26-27,30-33,39,41,45-47,49-52,54-55,57-59H,3-4,6,8-10,12,14-16,19,22,25,28-29,34-38,40,42-44H2,1-2H3,(H,53,56)/b7-5-,13-11-,18-17-,21-20-,24-23-,27-26-,32-30-,33-31+,41-39+. The number of allylic oxidation sites excluding steroid dienone is 17. The third-order valence-corrected chi connectivity index (χ3v) is 10.3. The number of aliphatic hydroxyl groups is 5. The second-order valence-corrected chi connectivity index (χ2v) is 15.8. The fourth-order valence-electron chi connectivity index (χ4n) is 6.56. The van der Waals surface area contributed by atoms with Gasteiger partial charge in [0, 0.05) is 6.42 Å². The van der Waals surface area contributed by atoms with E-state index in [-0.39, 0.29) is 12.5 Å². The van der Waals surface area contributed by atoms with E-state index in [0.717, 1.165) is 83.5 Å². The molecule has 1 aliphatic rings. The predicted molar refractivity (Wildman–Crippen MR) is 253 cm³/mol. The van der Waals surface area contributed by atoms with Crippen molar-refractivity contribution in [1.82, 2.24) is 5.32 Å². The lowest BCUT2D eigenvalue weighted by atomic mass is 9.99. The fraction of sp³-hybridized carbons (Fsp3) is 0.635. The zero-order valence-electron chi connectivity index (χ0n) is 37.9. The Hall–Kier alpha value is -3.15. The van der Waals surface area contributed by atoms with Gasteiger partial charge in [0.15, 0.2) is 6.29 Å². The van der Waals surface area contributed by atoms with Crippen LogP contribution in [0.15, 0.2) is 109 Å². The molecule has 1 rings (SSSR count). The molecule has 1 saturated heterocycles. The monoisotopic (exact) mass is 852 g/mol. The topological polar surface area (TPSA) is 149 Å². The molecule has 1 fully saturated rings. The molecular weight excluding hydrogens is 767 g/mol. The smallest absolute Gasteiger partial charge is 0.220 e. The zero-order chi connectivity index (χ0) is 44.4. The molecule has 61 heavy (non-hydrogen) atoms. The first-order chi connectivity index (χ1) is 29.8. The lowest BCUT2D eigenvalue weighted by Crippen LogP contribution is -2.60. The highest BCUT2D eigenvalue weighted by atomic mass is 16.7. The third-order valence-electron chi connectivity index (χ3n) is 10.3. The third kappa shape index (κ3) is 31.4. The Balaban J connectivity index is 2.38. The summed E-state index contributed by atoms with van der Waals surface area (Å²) in [7, 11) is 0. The largest absolute Gasteiger partial charge is 0.394 e. The second kappa shape index (κ2) is 40.9. The number of carbonyl (C=O) groups is 1. The number of hydrogen-bond donors (Lipinski definition) is 6. The first-order valence-electron chi connectivity index (χ1n) is 23.6. The number of hydrogen-bond acceptors (Lipinski definition) is 8. The molecule has 0 aliphatic carbocycles. The number of nitrogens with one attached hydrogen (secondary N) is 1. The Morgan fingerprint density at radius 1 is 0.574 bits per heavy atom. The van der Waals surface area contributed by atoms with Crippen LogP contribution in [0, 0.1) is 0 Å². The van der Waals surface area contributed by atoms with Crippen molar-refractivity contribution in [1.29, 1.82) is 0 Å². The highest BCUT2D eigenvalue weighted by molar-refractivity contribution is 5.76. The summed E-state index contributed by atoms with van der Waals surface area (Å²) in [6.45, 7) is 3.58. The molecule has 1 heterocycles. The molecule has 9 nitrogen and oxygen atoms in total. The van der Waals surface area contributed by atoms with Crippen molar-refractivity contribution >= 4 is 5.91 Å². The van der Waals surface area contributed by atoms with Gasteiger partial charge in [-0.1, -0.05) is 168 Å². The van der Waals surface area contributed by atoms with Crippen LogP contribution in [0.25, 0.3) is 0 Å². The Bertz CT molecular complexity index is 1310. The number of ether oxygens (including phenoxy) is 2. The average Bonchev–Trinajstić information content (AvgIpc) is 3.26. The number of amides is 1. The Kier molecular flexibility index (Phi) is 37.5. The summed E-state index contributed by atoms with van der Waals surface area (Å²) >= 11 is 0. The maximum atomic E-state index is 13.0. The Morgan fingerprint density at radius 3 is 1.57 bits per heavy atom. The highest BCUT2D eigenvalue weighted by Crippen LogP contribution is 2.22. The minimum Gasteiger partial charge on any atom is -0.394 e. The molecule has 1 aliphatic heterocycles. The molecule has 1 amide bonds. The summed E-state index contributed by atoms with van der Waals surface area (Å²) in [5.74, 6) is -0.226. The first-order valence-corrected chi connectivity index (χ1v) is 23.6. The summed E-state index contributed by atoms with van der Waals surface area (Å²) in [4.78, 5) is 13.0. The van der Waals surface area contributed by atoms with Gasteiger partial charge in [0.2, 0.25) is 5.91 Å². The highest BCUT2D eigenvalue weighted by Gasteiger charge is 2.44. The Morgan fingerprint density at radius 2 is 1.03 bits per heavy atom. The molecule has 9 heteroatoms. The molecule has 7 atom stereocenters. The minimum absolute atomic E-state index is 0.222. The van der Waals surface area contributed by atoms with Gasteiger partial charge in [0.1, 0.15) is 24.4 Å². The van der Waals surface area contributed by atoms with Crippen molar-refractivity contribution in [3.8, 4) is 0 Å². The quantitative estimate of drug-likeness (QED) is 0.0267. The summed E-state index contributed by atoms with van der Waals surface area (Å²) in [6, 6.07) is -0.846. The minimum atomic E-state index is -1.58. The van der Waals surface area contributed by atoms with E-state index < -0.39 is 49.5 Å². The van der Waals surface area contributed by atoms with Gasteiger partial charge in [-0.25, -0.2) is 0 Å². The van der Waals surface area contributed by atoms with Crippen LogP contribution in [-0.4, -0.2) is 87.5 Å². The van der Waals surface area contributed by atoms with Gasteiger partial charge in [-0.3, -0.25) is 4.79 Å². The lowest BCUT2D eigenvalue weighted by molar-refractivity contribution is -0.302. The molecule has 7 unspecified atom stereocenters. The van der Waals surface area contributed by atoms with Gasteiger partial charge >= 0.3 is 0 Å². The van der Waals surface area contributed by atoms with Crippen molar-refractivity contribution in [3.63, 3.8) is 0 Å². The molecule has 0 aromatic heterocycles. The van der Waals surface area contributed by atoms with Crippen LogP contribution in [0.5, 0.6) is 0 Å². The van der Waals surface area contributed by atoms with Crippen molar-refractivity contribution in [2.75, 3.05) is 13.2 Å². The second-order valence-electron chi connectivity index (χ2n) is 15.8. The maximum absolute atomic E-state index is 13.0. The van der Waals surface area contributed by atoms with Gasteiger partial charge in [0.05, 0.1) is 25.4 Å².